The molecule has 1 aliphatic heterocycles. The second-order valence-electron chi connectivity index (χ2n) is 5.40. The van der Waals surface area contributed by atoms with Gasteiger partial charge in [-0.3, -0.25) is 9.79 Å². The van der Waals surface area contributed by atoms with Crippen molar-refractivity contribution in [2.24, 2.45) is 4.99 Å². The summed E-state index contributed by atoms with van der Waals surface area (Å²) in [6, 6.07) is 0. The van der Waals surface area contributed by atoms with Crippen molar-refractivity contribution in [3.05, 3.63) is 26.7 Å². The van der Waals surface area contributed by atoms with Gasteiger partial charge >= 0.3 is 0 Å². The number of ether oxygens (including phenoxy) is 1. The molecule has 0 aromatic carbocycles. The molecule has 1 aliphatic carbocycles. The monoisotopic (exact) mass is 341 g/mol. The van der Waals surface area contributed by atoms with E-state index in [2.05, 4.69) is 15.0 Å². The molecule has 0 spiro atoms. The molecule has 1 unspecified atom stereocenters. The van der Waals surface area contributed by atoms with E-state index < -0.39 is 17.6 Å². The lowest BCUT2D eigenvalue weighted by Crippen LogP contribution is -2.50. The van der Waals surface area contributed by atoms with Crippen molar-refractivity contribution in [3.8, 4) is 0 Å². The van der Waals surface area contributed by atoms with Crippen molar-refractivity contribution in [2.45, 2.75) is 30.0 Å². The van der Waals surface area contributed by atoms with Crippen LogP contribution in [0.15, 0.2) is 9.79 Å². The van der Waals surface area contributed by atoms with E-state index in [9.17, 15) is 13.6 Å². The number of nitrogens with one attached hydrogen (secondary N) is 1. The molecule has 0 amide bonds. The first-order chi connectivity index (χ1) is 11.1. The third-order valence-corrected chi connectivity index (χ3v) is 5.27. The van der Waals surface area contributed by atoms with Gasteiger partial charge in [-0.25, -0.2) is 13.8 Å². The summed E-state index contributed by atoms with van der Waals surface area (Å²) in [6.07, 6.45) is 1.26. The van der Waals surface area contributed by atoms with Gasteiger partial charge in [0.05, 0.1) is 16.8 Å². The zero-order valence-electron chi connectivity index (χ0n) is 12.6. The molecule has 2 heterocycles. The normalized spacial score (nSPS) is 23.7. The third kappa shape index (κ3) is 3.37. The van der Waals surface area contributed by atoms with E-state index in [-0.39, 0.29) is 16.3 Å². The zero-order chi connectivity index (χ0) is 16.4. The quantitative estimate of drug-likeness (QED) is 0.868. The Balaban J connectivity index is 1.91. The van der Waals surface area contributed by atoms with Crippen molar-refractivity contribution < 1.29 is 13.5 Å². The number of nitrogens with zero attached hydrogens (tertiary/aromatic N) is 2. The number of fused-ring (bicyclic) bond motifs is 1. The Hall–Kier alpha value is -1.54. The molecule has 23 heavy (non-hydrogen) atoms. The van der Waals surface area contributed by atoms with Crippen LogP contribution in [0, 0.1) is 0 Å². The number of H-pyrrole nitrogens is 1. The Kier molecular flexibility index (Phi) is 4.91. The van der Waals surface area contributed by atoms with E-state index in [1.54, 1.807) is 11.8 Å². The minimum absolute atomic E-state index is 0.0591. The average Bonchev–Trinajstić information content (AvgIpc) is 2.56. The van der Waals surface area contributed by atoms with Crippen LogP contribution in [0.1, 0.15) is 18.7 Å². The van der Waals surface area contributed by atoms with Gasteiger partial charge in [0.25, 0.3) is 5.56 Å². The molecule has 0 radical (unpaired) electrons. The first kappa shape index (κ1) is 16.3. The van der Waals surface area contributed by atoms with Gasteiger partial charge in [0, 0.05) is 25.5 Å². The van der Waals surface area contributed by atoms with Gasteiger partial charge in [-0.15, -0.1) is 0 Å². The molecule has 8 heteroatoms. The molecule has 1 atom stereocenters. The highest BCUT2D eigenvalue weighted by Crippen LogP contribution is 2.24. The van der Waals surface area contributed by atoms with Gasteiger partial charge in [-0.05, 0) is 18.9 Å². The summed E-state index contributed by atoms with van der Waals surface area (Å²) in [5.74, 6) is -0.150. The largest absolute Gasteiger partial charge is 0.381 e. The first-order valence-electron chi connectivity index (χ1n) is 7.41. The lowest BCUT2D eigenvalue weighted by Gasteiger charge is -2.21. The second kappa shape index (κ2) is 6.92. The van der Waals surface area contributed by atoms with Crippen LogP contribution in [-0.2, 0) is 10.5 Å². The van der Waals surface area contributed by atoms with Gasteiger partial charge in [-0.1, -0.05) is 0 Å². The number of thioether (sulfide) groups is 1. The minimum Gasteiger partial charge on any atom is -0.381 e. The minimum atomic E-state index is -2.00. The molecule has 0 saturated carbocycles. The SMILES string of the molecule is CN=C1C=c2nc(CSC3CCOCC3)[nH]c(=O)c2=C(F)C1F. The Labute approximate surface area is 135 Å². The van der Waals surface area contributed by atoms with Gasteiger partial charge < -0.3 is 9.72 Å². The van der Waals surface area contributed by atoms with Crippen LogP contribution in [-0.4, -0.2) is 47.4 Å². The van der Waals surface area contributed by atoms with Crippen LogP contribution in [0.2, 0.25) is 0 Å². The van der Waals surface area contributed by atoms with Crippen molar-refractivity contribution >= 4 is 29.4 Å². The van der Waals surface area contributed by atoms with Crippen molar-refractivity contribution in [3.63, 3.8) is 0 Å². The van der Waals surface area contributed by atoms with Gasteiger partial charge in [0.2, 0.25) is 0 Å². The highest BCUT2D eigenvalue weighted by Gasteiger charge is 2.25. The number of rotatable bonds is 3. The van der Waals surface area contributed by atoms with E-state index in [1.807, 2.05) is 0 Å². The fourth-order valence-electron chi connectivity index (χ4n) is 2.63. The van der Waals surface area contributed by atoms with Crippen LogP contribution in [0.3, 0.4) is 0 Å². The van der Waals surface area contributed by atoms with E-state index >= 15 is 0 Å². The smallest absolute Gasteiger partial charge is 0.261 e. The Morgan fingerprint density at radius 2 is 2.22 bits per heavy atom. The predicted molar refractivity (Wildman–Crippen MR) is 86.5 cm³/mol. The molecule has 1 N–H and O–H groups in total. The Morgan fingerprint density at radius 3 is 2.91 bits per heavy atom. The fraction of sp³-hybridized carbons (Fsp3) is 0.533. The average molecular weight is 341 g/mol. The molecule has 1 aromatic heterocycles. The summed E-state index contributed by atoms with van der Waals surface area (Å²) >= 11 is 1.69. The summed E-state index contributed by atoms with van der Waals surface area (Å²) < 4.78 is 33.2. The number of aromatic nitrogens is 2. The standard InChI is InChI=1S/C15H17F2N3O2S/c1-18-10-6-9-12(14(17)13(10)16)15(21)20-11(19-9)7-23-8-2-4-22-5-3-8/h6,8,13H,2-5,7H2,1H3,(H,19,20,21). The fourth-order valence-corrected chi connectivity index (χ4v) is 3.69. The first-order valence-corrected chi connectivity index (χ1v) is 8.45. The number of hydrogen-bond acceptors (Lipinski definition) is 5. The number of halogens is 2. The van der Waals surface area contributed by atoms with Gasteiger partial charge in [-0.2, -0.15) is 11.8 Å². The van der Waals surface area contributed by atoms with E-state index in [1.165, 1.54) is 13.1 Å². The Morgan fingerprint density at radius 1 is 1.48 bits per heavy atom. The maximum Gasteiger partial charge on any atom is 0.261 e. The molecule has 3 rings (SSSR count). The lowest BCUT2D eigenvalue weighted by atomic mass is 10.1. The topological polar surface area (TPSA) is 67.3 Å². The predicted octanol–water partition coefficient (Wildman–Crippen LogP) is 0.463. The lowest BCUT2D eigenvalue weighted by molar-refractivity contribution is 0.1000. The summed E-state index contributed by atoms with van der Waals surface area (Å²) in [4.78, 5) is 22.6. The molecular weight excluding hydrogens is 324 g/mol. The molecule has 1 saturated heterocycles. The maximum atomic E-state index is 14.0. The summed E-state index contributed by atoms with van der Waals surface area (Å²) in [6.45, 7) is 1.49. The van der Waals surface area contributed by atoms with Crippen LogP contribution in [0.5, 0.6) is 0 Å². The van der Waals surface area contributed by atoms with E-state index in [4.69, 9.17) is 4.74 Å². The maximum absolute atomic E-state index is 14.0. The highest BCUT2D eigenvalue weighted by molar-refractivity contribution is 7.99. The molecule has 124 valence electrons. The van der Waals surface area contributed by atoms with Crippen molar-refractivity contribution in [1.29, 1.82) is 0 Å². The van der Waals surface area contributed by atoms with Crippen LogP contribution in [0.25, 0.3) is 11.9 Å². The van der Waals surface area contributed by atoms with E-state index in [0.29, 0.717) is 16.8 Å². The number of aromatic amines is 1. The molecular formula is C15H17F2N3O2S. The number of aliphatic imine (C=N–C) groups is 1. The van der Waals surface area contributed by atoms with Crippen molar-refractivity contribution in [2.75, 3.05) is 20.3 Å². The van der Waals surface area contributed by atoms with Gasteiger partial charge in [0.15, 0.2) is 12.0 Å². The van der Waals surface area contributed by atoms with Crippen molar-refractivity contribution in [1.82, 2.24) is 9.97 Å². The second-order valence-corrected chi connectivity index (χ2v) is 6.69. The van der Waals surface area contributed by atoms with Crippen LogP contribution in [0.4, 0.5) is 8.78 Å². The van der Waals surface area contributed by atoms with E-state index in [0.717, 1.165) is 26.1 Å². The summed E-state index contributed by atoms with van der Waals surface area (Å²) in [7, 11) is 1.38. The molecule has 0 bridgehead atoms. The molecule has 2 aliphatic rings. The van der Waals surface area contributed by atoms with Crippen LogP contribution >= 0.6 is 11.8 Å². The Bertz CT molecular complexity index is 800. The number of alkyl halides is 1. The van der Waals surface area contributed by atoms with Gasteiger partial charge in [0.1, 0.15) is 11.0 Å². The zero-order valence-corrected chi connectivity index (χ0v) is 13.5. The highest BCUT2D eigenvalue weighted by atomic mass is 32.2. The van der Waals surface area contributed by atoms with Crippen LogP contribution < -0.4 is 16.1 Å². The summed E-state index contributed by atoms with van der Waals surface area (Å²) in [5.41, 5.74) is -0.708. The molecule has 5 nitrogen and oxygen atoms in total. The third-order valence-electron chi connectivity index (χ3n) is 3.88. The number of hydrogen-bond donors (Lipinski definition) is 1. The summed E-state index contributed by atoms with van der Waals surface area (Å²) in [5, 5.41) is 0.272. The molecule has 1 fully saturated rings. The molecule has 1 aromatic rings.